The number of ether oxygens (including phenoxy) is 1. The van der Waals surface area contributed by atoms with Crippen LogP contribution >= 0.6 is 0 Å². The molecule has 0 unspecified atom stereocenters. The zero-order valence-corrected chi connectivity index (χ0v) is 13.5. The van der Waals surface area contributed by atoms with Gasteiger partial charge in [-0.2, -0.15) is 0 Å². The van der Waals surface area contributed by atoms with Crippen LogP contribution < -0.4 is 4.74 Å². The summed E-state index contributed by atoms with van der Waals surface area (Å²) in [7, 11) is 3.23. The third-order valence-corrected chi connectivity index (χ3v) is 3.83. The standard InChI is InChI=1S/C19H17FN2O2/c1-22(12-14-5-3-4-6-16(14)20)19(23)18-9-7-13-11-15(24-2)8-10-17(13)21-18/h3-11H,12H2,1-2H3. The molecule has 0 atom stereocenters. The van der Waals surface area contributed by atoms with Gasteiger partial charge in [-0.3, -0.25) is 4.79 Å². The fraction of sp³-hybridized carbons (Fsp3) is 0.158. The molecule has 0 N–H and O–H groups in total. The Bertz CT molecular complexity index is 895. The van der Waals surface area contributed by atoms with Gasteiger partial charge in [-0.1, -0.05) is 24.3 Å². The first-order valence-electron chi connectivity index (χ1n) is 7.52. The first kappa shape index (κ1) is 15.9. The van der Waals surface area contributed by atoms with Gasteiger partial charge in [0.15, 0.2) is 0 Å². The second-order valence-corrected chi connectivity index (χ2v) is 5.51. The molecule has 2 aromatic carbocycles. The van der Waals surface area contributed by atoms with E-state index in [9.17, 15) is 9.18 Å². The summed E-state index contributed by atoms with van der Waals surface area (Å²) < 4.78 is 18.9. The Morgan fingerprint density at radius 3 is 2.71 bits per heavy atom. The Morgan fingerprint density at radius 1 is 1.17 bits per heavy atom. The predicted octanol–water partition coefficient (Wildman–Crippen LogP) is 3.65. The van der Waals surface area contributed by atoms with Crippen molar-refractivity contribution in [2.45, 2.75) is 6.54 Å². The molecule has 4 nitrogen and oxygen atoms in total. The molecule has 1 aromatic heterocycles. The number of pyridine rings is 1. The highest BCUT2D eigenvalue weighted by Crippen LogP contribution is 2.20. The van der Waals surface area contributed by atoms with E-state index in [-0.39, 0.29) is 18.3 Å². The highest BCUT2D eigenvalue weighted by atomic mass is 19.1. The summed E-state index contributed by atoms with van der Waals surface area (Å²) >= 11 is 0. The van der Waals surface area contributed by atoms with E-state index in [4.69, 9.17) is 4.74 Å². The number of methoxy groups -OCH3 is 1. The molecule has 1 heterocycles. The average Bonchev–Trinajstić information content (AvgIpc) is 2.62. The maximum Gasteiger partial charge on any atom is 0.272 e. The van der Waals surface area contributed by atoms with Crippen LogP contribution in [-0.4, -0.2) is 29.9 Å². The first-order chi connectivity index (χ1) is 11.6. The number of carbonyl (C=O) groups is 1. The molecule has 0 aliphatic carbocycles. The Labute approximate surface area is 139 Å². The van der Waals surface area contributed by atoms with E-state index in [1.54, 1.807) is 44.5 Å². The maximum atomic E-state index is 13.7. The Kier molecular flexibility index (Phi) is 4.42. The molecule has 0 bridgehead atoms. The third-order valence-electron chi connectivity index (χ3n) is 3.83. The van der Waals surface area contributed by atoms with Crippen LogP contribution in [0.2, 0.25) is 0 Å². The molecular formula is C19H17FN2O2. The van der Waals surface area contributed by atoms with E-state index in [1.807, 2.05) is 18.2 Å². The molecule has 3 rings (SSSR count). The molecule has 0 fully saturated rings. The lowest BCUT2D eigenvalue weighted by Crippen LogP contribution is -2.27. The summed E-state index contributed by atoms with van der Waals surface area (Å²) in [5.41, 5.74) is 1.51. The minimum absolute atomic E-state index is 0.188. The van der Waals surface area contributed by atoms with E-state index in [0.29, 0.717) is 16.8 Å². The van der Waals surface area contributed by atoms with Crippen LogP contribution in [-0.2, 0) is 6.54 Å². The minimum Gasteiger partial charge on any atom is -0.497 e. The Balaban J connectivity index is 1.83. The zero-order valence-electron chi connectivity index (χ0n) is 13.5. The molecule has 0 radical (unpaired) electrons. The molecule has 5 heteroatoms. The SMILES string of the molecule is COc1ccc2nc(C(=O)N(C)Cc3ccccc3F)ccc2c1. The molecule has 0 spiro atoms. The van der Waals surface area contributed by atoms with Gasteiger partial charge in [0, 0.05) is 24.5 Å². The monoisotopic (exact) mass is 324 g/mol. The number of carbonyl (C=O) groups excluding carboxylic acids is 1. The first-order valence-corrected chi connectivity index (χ1v) is 7.52. The Morgan fingerprint density at radius 2 is 1.96 bits per heavy atom. The molecule has 0 aliphatic rings. The van der Waals surface area contributed by atoms with E-state index < -0.39 is 0 Å². The van der Waals surface area contributed by atoms with Crippen molar-refractivity contribution >= 4 is 16.8 Å². The van der Waals surface area contributed by atoms with Gasteiger partial charge in [-0.25, -0.2) is 9.37 Å². The van der Waals surface area contributed by atoms with Crippen LogP contribution in [0.4, 0.5) is 4.39 Å². The normalized spacial score (nSPS) is 10.6. The molecule has 122 valence electrons. The van der Waals surface area contributed by atoms with Crippen molar-refractivity contribution in [1.29, 1.82) is 0 Å². The van der Waals surface area contributed by atoms with Crippen LogP contribution in [0.25, 0.3) is 10.9 Å². The van der Waals surface area contributed by atoms with Crippen molar-refractivity contribution in [1.82, 2.24) is 9.88 Å². The highest BCUT2D eigenvalue weighted by Gasteiger charge is 2.15. The number of halogens is 1. The van der Waals surface area contributed by atoms with Crippen LogP contribution in [0.15, 0.2) is 54.6 Å². The number of hydrogen-bond acceptors (Lipinski definition) is 3. The molecule has 24 heavy (non-hydrogen) atoms. The maximum absolute atomic E-state index is 13.7. The molecular weight excluding hydrogens is 307 g/mol. The topological polar surface area (TPSA) is 42.4 Å². The number of rotatable bonds is 4. The van der Waals surface area contributed by atoms with Gasteiger partial charge in [0.05, 0.1) is 12.6 Å². The molecule has 3 aromatic rings. The number of nitrogens with zero attached hydrogens (tertiary/aromatic N) is 2. The van der Waals surface area contributed by atoms with E-state index in [0.717, 1.165) is 11.1 Å². The molecule has 0 aliphatic heterocycles. The predicted molar refractivity (Wildman–Crippen MR) is 90.5 cm³/mol. The van der Waals surface area contributed by atoms with Gasteiger partial charge in [0.2, 0.25) is 0 Å². The van der Waals surface area contributed by atoms with Gasteiger partial charge < -0.3 is 9.64 Å². The largest absolute Gasteiger partial charge is 0.497 e. The van der Waals surface area contributed by atoms with Crippen molar-refractivity contribution in [3.63, 3.8) is 0 Å². The van der Waals surface area contributed by atoms with Gasteiger partial charge in [-0.05, 0) is 30.3 Å². The summed E-state index contributed by atoms with van der Waals surface area (Å²) in [6.45, 7) is 0.188. The van der Waals surface area contributed by atoms with E-state index in [1.165, 1.54) is 11.0 Å². The summed E-state index contributed by atoms with van der Waals surface area (Å²) in [5.74, 6) is 0.159. The summed E-state index contributed by atoms with van der Waals surface area (Å²) in [6, 6.07) is 15.4. The molecule has 0 saturated heterocycles. The number of benzene rings is 2. The number of amides is 1. The highest BCUT2D eigenvalue weighted by molar-refractivity contribution is 5.94. The molecule has 1 amide bonds. The smallest absolute Gasteiger partial charge is 0.272 e. The number of hydrogen-bond donors (Lipinski definition) is 0. The minimum atomic E-state index is -0.323. The van der Waals surface area contributed by atoms with Gasteiger partial charge in [0.1, 0.15) is 17.3 Å². The second-order valence-electron chi connectivity index (χ2n) is 5.51. The van der Waals surface area contributed by atoms with Crippen LogP contribution in [0, 0.1) is 5.82 Å². The lowest BCUT2D eigenvalue weighted by atomic mass is 10.1. The number of fused-ring (bicyclic) bond motifs is 1. The van der Waals surface area contributed by atoms with Crippen LogP contribution in [0.5, 0.6) is 5.75 Å². The fourth-order valence-electron chi connectivity index (χ4n) is 2.50. The zero-order chi connectivity index (χ0) is 17.1. The van der Waals surface area contributed by atoms with Gasteiger partial charge >= 0.3 is 0 Å². The van der Waals surface area contributed by atoms with E-state index in [2.05, 4.69) is 4.98 Å². The van der Waals surface area contributed by atoms with Crippen molar-refractivity contribution in [3.8, 4) is 5.75 Å². The van der Waals surface area contributed by atoms with Crippen molar-refractivity contribution in [2.24, 2.45) is 0 Å². The van der Waals surface area contributed by atoms with Crippen LogP contribution in [0.3, 0.4) is 0 Å². The van der Waals surface area contributed by atoms with Crippen molar-refractivity contribution in [3.05, 3.63) is 71.7 Å². The summed E-state index contributed by atoms with van der Waals surface area (Å²) in [4.78, 5) is 18.4. The average molecular weight is 324 g/mol. The quantitative estimate of drug-likeness (QED) is 0.735. The lowest BCUT2D eigenvalue weighted by Gasteiger charge is -2.17. The van der Waals surface area contributed by atoms with Crippen molar-refractivity contribution in [2.75, 3.05) is 14.2 Å². The van der Waals surface area contributed by atoms with Crippen molar-refractivity contribution < 1.29 is 13.9 Å². The third kappa shape index (κ3) is 3.20. The van der Waals surface area contributed by atoms with Crippen LogP contribution in [0.1, 0.15) is 16.1 Å². The molecule has 0 saturated carbocycles. The summed E-state index contributed by atoms with van der Waals surface area (Å²) in [5, 5.41) is 0.891. The lowest BCUT2D eigenvalue weighted by molar-refractivity contribution is 0.0778. The van der Waals surface area contributed by atoms with E-state index >= 15 is 0 Å². The van der Waals surface area contributed by atoms with Gasteiger partial charge in [0.25, 0.3) is 5.91 Å². The summed E-state index contributed by atoms with van der Waals surface area (Å²) in [6.07, 6.45) is 0. The van der Waals surface area contributed by atoms with Gasteiger partial charge in [-0.15, -0.1) is 0 Å². The Hall–Kier alpha value is -2.95. The fourth-order valence-corrected chi connectivity index (χ4v) is 2.50. The number of aromatic nitrogens is 1. The second kappa shape index (κ2) is 6.66.